The van der Waals surface area contributed by atoms with Gasteiger partial charge in [-0.15, -0.1) is 0 Å². The molecule has 14 heavy (non-hydrogen) atoms. The molecular weight excluding hydrogens is 172 g/mol. The van der Waals surface area contributed by atoms with Crippen LogP contribution in [0.4, 0.5) is 0 Å². The molecule has 1 aromatic rings. The zero-order valence-electron chi connectivity index (χ0n) is 8.91. The van der Waals surface area contributed by atoms with Gasteiger partial charge in [0.2, 0.25) is 0 Å². The van der Waals surface area contributed by atoms with Crippen LogP contribution in [0.5, 0.6) is 0 Å². The van der Waals surface area contributed by atoms with E-state index in [2.05, 4.69) is 36.2 Å². The number of aryl methyl sites for hydroxylation is 1. The van der Waals surface area contributed by atoms with Crippen molar-refractivity contribution in [2.75, 3.05) is 0 Å². The Hall–Kier alpha value is -1.57. The second kappa shape index (κ2) is 4.61. The molecule has 0 aromatic heterocycles. The molecule has 0 saturated heterocycles. The first-order chi connectivity index (χ1) is 6.63. The Bertz CT molecular complexity index is 358. The Labute approximate surface area is 85.2 Å². The number of aliphatic imine (C=N–C) groups is 1. The minimum Gasteiger partial charge on any atom is -0.384 e. The fourth-order valence-electron chi connectivity index (χ4n) is 1.12. The van der Waals surface area contributed by atoms with Crippen LogP contribution in [0.15, 0.2) is 41.2 Å². The van der Waals surface area contributed by atoms with E-state index in [4.69, 9.17) is 5.73 Å². The number of hydrogen-bond acceptors (Lipinski definition) is 2. The Morgan fingerprint density at radius 2 is 1.86 bits per heavy atom. The molecule has 0 aliphatic carbocycles. The Balaban J connectivity index is 2.95. The highest BCUT2D eigenvalue weighted by Crippen LogP contribution is 2.05. The van der Waals surface area contributed by atoms with Gasteiger partial charge in [-0.05, 0) is 32.4 Å². The fourth-order valence-corrected chi connectivity index (χ4v) is 1.12. The monoisotopic (exact) mass is 188 g/mol. The molecule has 0 unspecified atom stereocenters. The van der Waals surface area contributed by atoms with Gasteiger partial charge in [-0.25, -0.2) is 4.99 Å². The summed E-state index contributed by atoms with van der Waals surface area (Å²) in [6, 6.07) is 8.24. The highest BCUT2D eigenvalue weighted by Gasteiger charge is 1.96. The first-order valence-corrected chi connectivity index (χ1v) is 4.67. The fraction of sp³-hybridized carbons (Fsp3) is 0.250. The third-order valence-corrected chi connectivity index (χ3v) is 2.06. The van der Waals surface area contributed by atoms with Gasteiger partial charge in [0, 0.05) is 5.71 Å². The van der Waals surface area contributed by atoms with Crippen molar-refractivity contribution in [3.63, 3.8) is 0 Å². The molecule has 0 amide bonds. The van der Waals surface area contributed by atoms with Crippen molar-refractivity contribution in [3.05, 3.63) is 47.3 Å². The van der Waals surface area contributed by atoms with Crippen LogP contribution in [0.2, 0.25) is 0 Å². The van der Waals surface area contributed by atoms with E-state index in [9.17, 15) is 0 Å². The number of hydrogen-bond donors (Lipinski definition) is 1. The number of rotatable bonds is 2. The third-order valence-electron chi connectivity index (χ3n) is 2.06. The van der Waals surface area contributed by atoms with Gasteiger partial charge in [-0.1, -0.05) is 29.8 Å². The van der Waals surface area contributed by atoms with Crippen LogP contribution >= 0.6 is 0 Å². The summed E-state index contributed by atoms with van der Waals surface area (Å²) >= 11 is 0. The molecule has 0 atom stereocenters. The van der Waals surface area contributed by atoms with E-state index < -0.39 is 0 Å². The molecule has 0 heterocycles. The number of nitrogens with two attached hydrogens (primary N) is 1. The van der Waals surface area contributed by atoms with Gasteiger partial charge in [-0.3, -0.25) is 0 Å². The van der Waals surface area contributed by atoms with Crippen LogP contribution < -0.4 is 5.73 Å². The molecule has 1 rings (SSSR count). The SMILES string of the molecule is C/C=C(/N)N=C(C)c1ccc(C)cc1. The molecule has 2 N–H and O–H groups in total. The minimum atomic E-state index is 0.558. The summed E-state index contributed by atoms with van der Waals surface area (Å²) in [6.45, 7) is 5.90. The highest BCUT2D eigenvalue weighted by molar-refractivity contribution is 5.99. The Morgan fingerprint density at radius 3 is 2.36 bits per heavy atom. The average Bonchev–Trinajstić information content (AvgIpc) is 2.18. The molecule has 0 radical (unpaired) electrons. The van der Waals surface area contributed by atoms with Gasteiger partial charge in [0.25, 0.3) is 0 Å². The molecule has 0 bridgehead atoms. The van der Waals surface area contributed by atoms with Crippen LogP contribution in [0.1, 0.15) is 25.0 Å². The molecule has 0 aliphatic rings. The molecule has 1 aromatic carbocycles. The summed E-state index contributed by atoms with van der Waals surface area (Å²) in [5, 5.41) is 0. The summed E-state index contributed by atoms with van der Waals surface area (Å²) < 4.78 is 0. The van der Waals surface area contributed by atoms with Crippen LogP contribution in [-0.2, 0) is 0 Å². The minimum absolute atomic E-state index is 0.558. The van der Waals surface area contributed by atoms with Crippen LogP contribution in [0, 0.1) is 6.92 Å². The maximum absolute atomic E-state index is 5.61. The molecule has 0 fully saturated rings. The van der Waals surface area contributed by atoms with Gasteiger partial charge in [-0.2, -0.15) is 0 Å². The summed E-state index contributed by atoms with van der Waals surface area (Å²) in [5.74, 6) is 0.558. The number of allylic oxidation sites excluding steroid dienone is 1. The Kier molecular flexibility index (Phi) is 3.46. The summed E-state index contributed by atoms with van der Waals surface area (Å²) in [4.78, 5) is 4.25. The van der Waals surface area contributed by atoms with Crippen LogP contribution in [0.25, 0.3) is 0 Å². The predicted molar refractivity (Wildman–Crippen MR) is 61.3 cm³/mol. The molecule has 2 nitrogen and oxygen atoms in total. The molecule has 74 valence electrons. The van der Waals surface area contributed by atoms with E-state index in [1.807, 2.05) is 13.8 Å². The quantitative estimate of drug-likeness (QED) is 0.712. The second-order valence-corrected chi connectivity index (χ2v) is 3.28. The molecular formula is C12H16N2. The lowest BCUT2D eigenvalue weighted by Crippen LogP contribution is -2.00. The number of nitrogens with zero attached hydrogens (tertiary/aromatic N) is 1. The smallest absolute Gasteiger partial charge is 0.119 e. The standard InChI is InChI=1S/C12H16N2/c1-4-12(13)14-10(3)11-7-5-9(2)6-8-11/h4-8H,13H2,1-3H3/b12-4-,14-10?. The lowest BCUT2D eigenvalue weighted by molar-refractivity contribution is 1.22. The van der Waals surface area contributed by atoms with E-state index in [0.29, 0.717) is 5.82 Å². The van der Waals surface area contributed by atoms with Crippen molar-refractivity contribution in [1.29, 1.82) is 0 Å². The van der Waals surface area contributed by atoms with Crippen molar-refractivity contribution < 1.29 is 0 Å². The first kappa shape index (κ1) is 10.5. The summed E-state index contributed by atoms with van der Waals surface area (Å²) in [5.41, 5.74) is 8.92. The predicted octanol–water partition coefficient (Wildman–Crippen LogP) is 2.62. The van der Waals surface area contributed by atoms with E-state index in [1.54, 1.807) is 6.08 Å². The summed E-state index contributed by atoms with van der Waals surface area (Å²) in [6.07, 6.45) is 1.79. The van der Waals surface area contributed by atoms with Crippen molar-refractivity contribution in [2.45, 2.75) is 20.8 Å². The van der Waals surface area contributed by atoms with E-state index in [0.717, 1.165) is 11.3 Å². The van der Waals surface area contributed by atoms with Crippen LogP contribution in [0.3, 0.4) is 0 Å². The first-order valence-electron chi connectivity index (χ1n) is 4.67. The molecule has 0 spiro atoms. The van der Waals surface area contributed by atoms with Crippen LogP contribution in [-0.4, -0.2) is 5.71 Å². The van der Waals surface area contributed by atoms with E-state index in [1.165, 1.54) is 5.56 Å². The average molecular weight is 188 g/mol. The third kappa shape index (κ3) is 2.73. The lowest BCUT2D eigenvalue weighted by atomic mass is 10.1. The molecule has 0 aliphatic heterocycles. The molecule has 2 heteroatoms. The second-order valence-electron chi connectivity index (χ2n) is 3.28. The highest BCUT2D eigenvalue weighted by atomic mass is 14.9. The number of benzene rings is 1. The summed E-state index contributed by atoms with van der Waals surface area (Å²) in [7, 11) is 0. The zero-order chi connectivity index (χ0) is 10.6. The van der Waals surface area contributed by atoms with E-state index >= 15 is 0 Å². The normalized spacial score (nSPS) is 13.1. The van der Waals surface area contributed by atoms with Gasteiger partial charge < -0.3 is 5.73 Å². The lowest BCUT2D eigenvalue weighted by Gasteiger charge is -2.01. The Morgan fingerprint density at radius 1 is 1.29 bits per heavy atom. The molecule has 0 saturated carbocycles. The maximum Gasteiger partial charge on any atom is 0.119 e. The van der Waals surface area contributed by atoms with Crippen molar-refractivity contribution in [2.24, 2.45) is 10.7 Å². The van der Waals surface area contributed by atoms with Gasteiger partial charge in [0.15, 0.2) is 0 Å². The van der Waals surface area contributed by atoms with Gasteiger partial charge in [0.05, 0.1) is 0 Å². The largest absolute Gasteiger partial charge is 0.384 e. The van der Waals surface area contributed by atoms with Crippen molar-refractivity contribution in [1.82, 2.24) is 0 Å². The van der Waals surface area contributed by atoms with Crippen molar-refractivity contribution >= 4 is 5.71 Å². The van der Waals surface area contributed by atoms with Gasteiger partial charge in [0.1, 0.15) is 5.82 Å². The van der Waals surface area contributed by atoms with E-state index in [-0.39, 0.29) is 0 Å². The zero-order valence-corrected chi connectivity index (χ0v) is 8.91. The van der Waals surface area contributed by atoms with Gasteiger partial charge >= 0.3 is 0 Å². The topological polar surface area (TPSA) is 38.4 Å². The maximum atomic E-state index is 5.61. The van der Waals surface area contributed by atoms with Crippen molar-refractivity contribution in [3.8, 4) is 0 Å².